The van der Waals surface area contributed by atoms with Gasteiger partial charge in [-0.2, -0.15) is 0 Å². The van der Waals surface area contributed by atoms with E-state index in [1.54, 1.807) is 0 Å². The Hall–Kier alpha value is -1.87. The molecule has 0 aliphatic carbocycles. The van der Waals surface area contributed by atoms with E-state index in [9.17, 15) is 4.39 Å². The zero-order valence-corrected chi connectivity index (χ0v) is 12.4. The maximum absolute atomic E-state index is 12.9. The first-order chi connectivity index (χ1) is 10.2. The van der Waals surface area contributed by atoms with Crippen molar-refractivity contribution in [2.45, 2.75) is 25.9 Å². The van der Waals surface area contributed by atoms with E-state index in [1.165, 1.54) is 35.4 Å². The van der Waals surface area contributed by atoms with E-state index in [1.807, 2.05) is 12.1 Å². The lowest BCUT2D eigenvalue weighted by Crippen LogP contribution is -2.20. The Labute approximate surface area is 125 Å². The number of anilines is 1. The molecule has 3 rings (SSSR count). The van der Waals surface area contributed by atoms with Crippen LogP contribution in [0, 0.1) is 5.82 Å². The Balaban J connectivity index is 1.70. The molecule has 1 aliphatic rings. The second-order valence-electron chi connectivity index (χ2n) is 5.77. The highest BCUT2D eigenvalue weighted by molar-refractivity contribution is 5.56. The SMILES string of the molecule is CN(Cc1ccc(F)cc1)Cc1cccc2c1CCCN2. The van der Waals surface area contributed by atoms with Crippen molar-refractivity contribution in [1.29, 1.82) is 0 Å². The summed E-state index contributed by atoms with van der Waals surface area (Å²) in [4.78, 5) is 2.28. The number of hydrogen-bond acceptors (Lipinski definition) is 2. The van der Waals surface area contributed by atoms with Crippen LogP contribution in [0.25, 0.3) is 0 Å². The summed E-state index contributed by atoms with van der Waals surface area (Å²) in [6.45, 7) is 2.82. The van der Waals surface area contributed by atoms with E-state index >= 15 is 0 Å². The minimum Gasteiger partial charge on any atom is -0.385 e. The molecule has 2 nitrogen and oxygen atoms in total. The standard InChI is InChI=1S/C18H21FN2/c1-21(12-14-7-9-16(19)10-8-14)13-15-4-2-6-18-17(15)5-3-11-20-18/h2,4,6-10,20H,3,5,11-13H2,1H3. The summed E-state index contributed by atoms with van der Waals surface area (Å²) in [5.74, 6) is -0.176. The summed E-state index contributed by atoms with van der Waals surface area (Å²) in [6.07, 6.45) is 2.36. The maximum Gasteiger partial charge on any atom is 0.123 e. The number of nitrogens with one attached hydrogen (secondary N) is 1. The molecule has 0 radical (unpaired) electrons. The third-order valence-electron chi connectivity index (χ3n) is 4.00. The fourth-order valence-corrected chi connectivity index (χ4v) is 2.98. The number of halogens is 1. The Bertz CT molecular complexity index is 607. The summed E-state index contributed by atoms with van der Waals surface area (Å²) in [5, 5.41) is 3.47. The summed E-state index contributed by atoms with van der Waals surface area (Å²) >= 11 is 0. The summed E-state index contributed by atoms with van der Waals surface area (Å²) in [6, 6.07) is 13.3. The molecule has 0 spiro atoms. The molecule has 1 N–H and O–H groups in total. The lowest BCUT2D eigenvalue weighted by molar-refractivity contribution is 0.318. The van der Waals surface area contributed by atoms with Gasteiger partial charge in [-0.05, 0) is 54.8 Å². The van der Waals surface area contributed by atoms with E-state index in [0.717, 1.165) is 31.6 Å². The number of rotatable bonds is 4. The topological polar surface area (TPSA) is 15.3 Å². The van der Waals surface area contributed by atoms with Crippen molar-refractivity contribution >= 4 is 5.69 Å². The fraction of sp³-hybridized carbons (Fsp3) is 0.333. The molecule has 0 aromatic heterocycles. The van der Waals surface area contributed by atoms with Crippen LogP contribution in [-0.4, -0.2) is 18.5 Å². The lowest BCUT2D eigenvalue weighted by atomic mass is 9.97. The predicted molar refractivity (Wildman–Crippen MR) is 84.8 cm³/mol. The van der Waals surface area contributed by atoms with Crippen molar-refractivity contribution in [2.24, 2.45) is 0 Å². The molecule has 0 atom stereocenters. The van der Waals surface area contributed by atoms with Crippen LogP contribution >= 0.6 is 0 Å². The first kappa shape index (κ1) is 14.1. The first-order valence-corrected chi connectivity index (χ1v) is 7.50. The van der Waals surface area contributed by atoms with E-state index in [-0.39, 0.29) is 5.82 Å². The zero-order chi connectivity index (χ0) is 14.7. The van der Waals surface area contributed by atoms with E-state index in [4.69, 9.17) is 0 Å². The molecule has 0 bridgehead atoms. The van der Waals surface area contributed by atoms with Gasteiger partial charge >= 0.3 is 0 Å². The molecule has 110 valence electrons. The predicted octanol–water partition coefficient (Wildman–Crippen LogP) is 3.82. The first-order valence-electron chi connectivity index (χ1n) is 7.50. The van der Waals surface area contributed by atoms with Gasteiger partial charge in [-0.15, -0.1) is 0 Å². The van der Waals surface area contributed by atoms with Gasteiger partial charge in [0.1, 0.15) is 5.82 Å². The lowest BCUT2D eigenvalue weighted by Gasteiger charge is -2.24. The highest BCUT2D eigenvalue weighted by Crippen LogP contribution is 2.26. The average Bonchev–Trinajstić information content (AvgIpc) is 2.50. The number of fused-ring (bicyclic) bond motifs is 1. The van der Waals surface area contributed by atoms with Crippen molar-refractivity contribution in [3.8, 4) is 0 Å². The van der Waals surface area contributed by atoms with Crippen LogP contribution in [0.2, 0.25) is 0 Å². The van der Waals surface area contributed by atoms with E-state index in [2.05, 4.69) is 35.5 Å². The molecule has 0 fully saturated rings. The van der Waals surface area contributed by atoms with Gasteiger partial charge in [-0.3, -0.25) is 4.90 Å². The monoisotopic (exact) mass is 284 g/mol. The molecular weight excluding hydrogens is 263 g/mol. The molecule has 2 aromatic rings. The molecule has 0 saturated heterocycles. The normalized spacial score (nSPS) is 13.9. The molecule has 21 heavy (non-hydrogen) atoms. The van der Waals surface area contributed by atoms with Crippen LogP contribution in [0.15, 0.2) is 42.5 Å². The number of hydrogen-bond donors (Lipinski definition) is 1. The Morgan fingerprint density at radius 2 is 1.90 bits per heavy atom. The van der Waals surface area contributed by atoms with Crippen molar-refractivity contribution in [3.05, 3.63) is 65.0 Å². The van der Waals surface area contributed by atoms with Gasteiger partial charge in [0.15, 0.2) is 0 Å². The van der Waals surface area contributed by atoms with E-state index in [0.29, 0.717) is 0 Å². The fourth-order valence-electron chi connectivity index (χ4n) is 2.98. The summed E-state index contributed by atoms with van der Waals surface area (Å²) < 4.78 is 12.9. The number of benzene rings is 2. The highest BCUT2D eigenvalue weighted by atomic mass is 19.1. The Kier molecular flexibility index (Phi) is 4.20. The molecule has 3 heteroatoms. The van der Waals surface area contributed by atoms with Crippen LogP contribution in [0.5, 0.6) is 0 Å². The number of nitrogens with zero attached hydrogens (tertiary/aromatic N) is 1. The Morgan fingerprint density at radius 1 is 1.10 bits per heavy atom. The summed E-state index contributed by atoms with van der Waals surface area (Å²) in [5.41, 5.74) is 5.27. The van der Waals surface area contributed by atoms with Gasteiger partial charge in [-0.1, -0.05) is 24.3 Å². The van der Waals surface area contributed by atoms with E-state index < -0.39 is 0 Å². The molecule has 0 saturated carbocycles. The average molecular weight is 284 g/mol. The Morgan fingerprint density at radius 3 is 2.71 bits per heavy atom. The molecule has 0 amide bonds. The van der Waals surface area contributed by atoms with Gasteiger partial charge in [0.2, 0.25) is 0 Å². The minimum atomic E-state index is -0.176. The quantitative estimate of drug-likeness (QED) is 0.918. The van der Waals surface area contributed by atoms with Crippen molar-refractivity contribution in [3.63, 3.8) is 0 Å². The molecular formula is C18H21FN2. The summed E-state index contributed by atoms with van der Waals surface area (Å²) in [7, 11) is 2.11. The highest BCUT2D eigenvalue weighted by Gasteiger charge is 2.13. The maximum atomic E-state index is 12.9. The zero-order valence-electron chi connectivity index (χ0n) is 12.4. The van der Waals surface area contributed by atoms with Crippen molar-refractivity contribution < 1.29 is 4.39 Å². The van der Waals surface area contributed by atoms with Crippen LogP contribution < -0.4 is 5.32 Å². The van der Waals surface area contributed by atoms with Crippen LogP contribution in [-0.2, 0) is 19.5 Å². The van der Waals surface area contributed by atoms with Crippen molar-refractivity contribution in [2.75, 3.05) is 18.9 Å². The molecule has 2 aromatic carbocycles. The van der Waals surface area contributed by atoms with Crippen molar-refractivity contribution in [1.82, 2.24) is 4.90 Å². The van der Waals surface area contributed by atoms with Gasteiger partial charge < -0.3 is 5.32 Å². The van der Waals surface area contributed by atoms with Gasteiger partial charge in [0, 0.05) is 25.3 Å². The smallest absolute Gasteiger partial charge is 0.123 e. The molecule has 1 aliphatic heterocycles. The second kappa shape index (κ2) is 6.27. The molecule has 0 unspecified atom stereocenters. The third kappa shape index (κ3) is 3.42. The van der Waals surface area contributed by atoms with Gasteiger partial charge in [0.05, 0.1) is 0 Å². The third-order valence-corrected chi connectivity index (χ3v) is 4.00. The van der Waals surface area contributed by atoms with Gasteiger partial charge in [-0.25, -0.2) is 4.39 Å². The molecule has 1 heterocycles. The van der Waals surface area contributed by atoms with Gasteiger partial charge in [0.25, 0.3) is 0 Å². The van der Waals surface area contributed by atoms with Crippen LogP contribution in [0.3, 0.4) is 0 Å². The van der Waals surface area contributed by atoms with Crippen LogP contribution in [0.1, 0.15) is 23.1 Å². The largest absolute Gasteiger partial charge is 0.385 e. The minimum absolute atomic E-state index is 0.176. The van der Waals surface area contributed by atoms with Crippen LogP contribution in [0.4, 0.5) is 10.1 Å². The second-order valence-corrected chi connectivity index (χ2v) is 5.77.